The number of carbonyl (C=O) groups is 1. The Labute approximate surface area is 112 Å². The number of hydrogen-bond acceptors (Lipinski definition) is 4. The number of amides is 1. The zero-order valence-electron chi connectivity index (χ0n) is 10.8. The molecule has 0 spiro atoms. The Morgan fingerprint density at radius 1 is 1.47 bits per heavy atom. The van der Waals surface area contributed by atoms with E-state index in [1.54, 1.807) is 18.2 Å². The maximum Gasteiger partial charge on any atom is 0.258 e. The topological polar surface area (TPSA) is 89.7 Å². The largest absolute Gasteiger partial charge is 0.478 e. The molecule has 7 heteroatoms. The van der Waals surface area contributed by atoms with Crippen molar-refractivity contribution in [2.24, 2.45) is 5.73 Å². The van der Waals surface area contributed by atoms with E-state index in [1.165, 1.54) is 4.31 Å². The zero-order chi connectivity index (χ0) is 14.2. The Morgan fingerprint density at radius 2 is 2.16 bits per heavy atom. The highest BCUT2D eigenvalue weighted by Gasteiger charge is 2.30. The number of benzene rings is 1. The molecule has 1 atom stereocenters. The highest BCUT2D eigenvalue weighted by Crippen LogP contribution is 2.34. The SMILES string of the molecule is Cc1ccc2c(c1)N(S(C)(=O)=O)CC[C@H](C(N)=O)O2. The molecular weight excluding hydrogens is 268 g/mol. The van der Waals surface area contributed by atoms with E-state index in [-0.39, 0.29) is 13.0 Å². The van der Waals surface area contributed by atoms with Crippen LogP contribution in [-0.2, 0) is 14.8 Å². The van der Waals surface area contributed by atoms with E-state index in [0.717, 1.165) is 11.8 Å². The summed E-state index contributed by atoms with van der Waals surface area (Å²) < 4.78 is 30.5. The molecule has 1 aliphatic heterocycles. The Balaban J connectivity index is 2.53. The molecule has 2 rings (SSSR count). The smallest absolute Gasteiger partial charge is 0.258 e. The molecule has 0 fully saturated rings. The van der Waals surface area contributed by atoms with Crippen LogP contribution in [-0.4, -0.2) is 33.2 Å². The lowest BCUT2D eigenvalue weighted by Gasteiger charge is -2.21. The number of anilines is 1. The number of nitrogens with zero attached hydrogens (tertiary/aromatic N) is 1. The molecule has 0 unspecified atom stereocenters. The molecule has 0 aromatic heterocycles. The third kappa shape index (κ3) is 2.81. The number of aryl methyl sites for hydroxylation is 1. The Hall–Kier alpha value is -1.76. The van der Waals surface area contributed by atoms with Crippen LogP contribution in [0.2, 0.25) is 0 Å². The number of nitrogens with two attached hydrogens (primary N) is 1. The first-order chi connectivity index (χ1) is 8.79. The van der Waals surface area contributed by atoms with Crippen molar-refractivity contribution in [3.63, 3.8) is 0 Å². The van der Waals surface area contributed by atoms with Crippen LogP contribution in [0.15, 0.2) is 18.2 Å². The normalized spacial score (nSPS) is 19.3. The molecule has 1 aromatic carbocycles. The van der Waals surface area contributed by atoms with Crippen molar-refractivity contribution >= 4 is 21.6 Å². The van der Waals surface area contributed by atoms with Crippen LogP contribution in [0, 0.1) is 6.92 Å². The minimum Gasteiger partial charge on any atom is -0.478 e. The fourth-order valence-corrected chi connectivity index (χ4v) is 2.97. The van der Waals surface area contributed by atoms with E-state index in [9.17, 15) is 13.2 Å². The lowest BCUT2D eigenvalue weighted by Crippen LogP contribution is -2.36. The summed E-state index contributed by atoms with van der Waals surface area (Å²) >= 11 is 0. The van der Waals surface area contributed by atoms with Crippen molar-refractivity contribution in [2.45, 2.75) is 19.4 Å². The maximum absolute atomic E-state index is 11.8. The average molecular weight is 284 g/mol. The van der Waals surface area contributed by atoms with Crippen molar-refractivity contribution in [3.05, 3.63) is 23.8 Å². The van der Waals surface area contributed by atoms with Crippen LogP contribution in [0.1, 0.15) is 12.0 Å². The summed E-state index contributed by atoms with van der Waals surface area (Å²) in [6.07, 6.45) is 0.549. The van der Waals surface area contributed by atoms with Gasteiger partial charge in [-0.05, 0) is 24.6 Å². The van der Waals surface area contributed by atoms with Gasteiger partial charge in [0, 0.05) is 13.0 Å². The van der Waals surface area contributed by atoms with Crippen LogP contribution in [0.5, 0.6) is 5.75 Å². The van der Waals surface area contributed by atoms with Gasteiger partial charge in [0.05, 0.1) is 11.9 Å². The van der Waals surface area contributed by atoms with Crippen molar-refractivity contribution in [1.82, 2.24) is 0 Å². The summed E-state index contributed by atoms with van der Waals surface area (Å²) in [6, 6.07) is 5.17. The van der Waals surface area contributed by atoms with E-state index in [1.807, 2.05) is 6.92 Å². The molecule has 1 aliphatic rings. The van der Waals surface area contributed by atoms with E-state index >= 15 is 0 Å². The highest BCUT2D eigenvalue weighted by molar-refractivity contribution is 7.92. The van der Waals surface area contributed by atoms with E-state index in [0.29, 0.717) is 11.4 Å². The maximum atomic E-state index is 11.8. The minimum absolute atomic E-state index is 0.170. The molecule has 2 N–H and O–H groups in total. The summed E-state index contributed by atoms with van der Waals surface area (Å²) in [5, 5.41) is 0. The standard InChI is InChI=1S/C12H16N2O4S/c1-8-3-4-10-9(7-8)14(19(2,16)17)6-5-11(18-10)12(13)15/h3-4,7,11H,5-6H2,1-2H3,(H2,13,15)/t11-/m1/s1. The van der Waals surface area contributed by atoms with Crippen LogP contribution in [0.25, 0.3) is 0 Å². The van der Waals surface area contributed by atoms with E-state index in [2.05, 4.69) is 0 Å². The van der Waals surface area contributed by atoms with Crippen LogP contribution >= 0.6 is 0 Å². The average Bonchev–Trinajstić information content (AvgIpc) is 2.47. The second-order valence-electron chi connectivity index (χ2n) is 4.60. The monoisotopic (exact) mass is 284 g/mol. The Bertz CT molecular complexity index is 612. The number of sulfonamides is 1. The number of primary amides is 1. The van der Waals surface area contributed by atoms with Gasteiger partial charge in [0.1, 0.15) is 5.75 Å². The molecule has 0 radical (unpaired) electrons. The summed E-state index contributed by atoms with van der Waals surface area (Å²) in [6.45, 7) is 2.03. The number of ether oxygens (including phenoxy) is 1. The predicted octanol–water partition coefficient (Wildman–Crippen LogP) is 0.397. The molecule has 104 valence electrons. The van der Waals surface area contributed by atoms with Gasteiger partial charge in [0.25, 0.3) is 5.91 Å². The first-order valence-electron chi connectivity index (χ1n) is 5.83. The zero-order valence-corrected chi connectivity index (χ0v) is 11.6. The van der Waals surface area contributed by atoms with Gasteiger partial charge in [0.2, 0.25) is 10.0 Å². The van der Waals surface area contributed by atoms with Gasteiger partial charge < -0.3 is 10.5 Å². The molecule has 0 aliphatic carbocycles. The number of carbonyl (C=O) groups excluding carboxylic acids is 1. The third-order valence-electron chi connectivity index (χ3n) is 2.96. The highest BCUT2D eigenvalue weighted by atomic mass is 32.2. The van der Waals surface area contributed by atoms with Gasteiger partial charge in [-0.2, -0.15) is 0 Å². The van der Waals surface area contributed by atoms with Crippen molar-refractivity contribution in [2.75, 3.05) is 17.1 Å². The second-order valence-corrected chi connectivity index (χ2v) is 6.51. The van der Waals surface area contributed by atoms with Crippen LogP contribution < -0.4 is 14.8 Å². The molecule has 6 nitrogen and oxygen atoms in total. The van der Waals surface area contributed by atoms with Gasteiger partial charge in [-0.3, -0.25) is 9.10 Å². The van der Waals surface area contributed by atoms with Crippen molar-refractivity contribution in [1.29, 1.82) is 0 Å². The number of hydrogen-bond donors (Lipinski definition) is 1. The lowest BCUT2D eigenvalue weighted by atomic mass is 10.2. The van der Waals surface area contributed by atoms with Gasteiger partial charge in [-0.25, -0.2) is 8.42 Å². The molecule has 0 bridgehead atoms. The van der Waals surface area contributed by atoms with Gasteiger partial charge in [-0.1, -0.05) is 6.07 Å². The molecule has 1 aromatic rings. The van der Waals surface area contributed by atoms with Gasteiger partial charge in [0.15, 0.2) is 6.10 Å². The summed E-state index contributed by atoms with van der Waals surface area (Å²) in [5.41, 5.74) is 6.61. The summed E-state index contributed by atoms with van der Waals surface area (Å²) in [7, 11) is -3.43. The second kappa shape index (κ2) is 4.73. The molecule has 0 saturated carbocycles. The summed E-state index contributed by atoms with van der Waals surface area (Å²) in [5.74, 6) is -0.237. The predicted molar refractivity (Wildman–Crippen MR) is 71.6 cm³/mol. The fraction of sp³-hybridized carbons (Fsp3) is 0.417. The first-order valence-corrected chi connectivity index (χ1v) is 7.68. The van der Waals surface area contributed by atoms with Crippen molar-refractivity contribution in [3.8, 4) is 5.75 Å². The quantitative estimate of drug-likeness (QED) is 0.851. The lowest BCUT2D eigenvalue weighted by molar-refractivity contribution is -0.124. The Morgan fingerprint density at radius 3 is 2.74 bits per heavy atom. The minimum atomic E-state index is -3.43. The van der Waals surface area contributed by atoms with Crippen LogP contribution in [0.4, 0.5) is 5.69 Å². The van der Waals surface area contributed by atoms with Gasteiger partial charge >= 0.3 is 0 Å². The van der Waals surface area contributed by atoms with Crippen molar-refractivity contribution < 1.29 is 17.9 Å². The molecule has 19 heavy (non-hydrogen) atoms. The molecule has 1 amide bonds. The fourth-order valence-electron chi connectivity index (χ4n) is 2.03. The summed E-state index contributed by atoms with van der Waals surface area (Å²) in [4.78, 5) is 11.3. The molecular formula is C12H16N2O4S. The van der Waals surface area contributed by atoms with E-state index in [4.69, 9.17) is 10.5 Å². The third-order valence-corrected chi connectivity index (χ3v) is 4.14. The molecule has 1 heterocycles. The van der Waals surface area contributed by atoms with Crippen LogP contribution in [0.3, 0.4) is 0 Å². The number of fused-ring (bicyclic) bond motifs is 1. The Kier molecular flexibility index (Phi) is 3.40. The van der Waals surface area contributed by atoms with E-state index < -0.39 is 22.0 Å². The first kappa shape index (κ1) is 13.7. The van der Waals surface area contributed by atoms with Gasteiger partial charge in [-0.15, -0.1) is 0 Å². The number of rotatable bonds is 2. The molecule has 0 saturated heterocycles.